The number of carboxylic acids is 1. The fraction of sp³-hybridized carbons (Fsp3) is 0.0800. The zero-order valence-corrected chi connectivity index (χ0v) is 18.6. The van der Waals surface area contributed by atoms with Crippen LogP contribution in [0.5, 0.6) is 5.88 Å². The Labute approximate surface area is 199 Å². The number of hydrogen-bond acceptors (Lipinski definition) is 6. The highest BCUT2D eigenvalue weighted by molar-refractivity contribution is 6.30. The Morgan fingerprint density at radius 3 is 2.74 bits per heavy atom. The summed E-state index contributed by atoms with van der Waals surface area (Å²) in [5.41, 5.74) is 8.91. The zero-order chi connectivity index (χ0) is 24.0. The van der Waals surface area contributed by atoms with Crippen molar-refractivity contribution < 1.29 is 19.1 Å². The summed E-state index contributed by atoms with van der Waals surface area (Å²) in [7, 11) is 0. The van der Waals surface area contributed by atoms with E-state index in [1.54, 1.807) is 43.3 Å². The van der Waals surface area contributed by atoms with Gasteiger partial charge in [0.25, 0.3) is 0 Å². The van der Waals surface area contributed by atoms with E-state index in [0.29, 0.717) is 39.4 Å². The number of furan rings is 1. The van der Waals surface area contributed by atoms with Crippen molar-refractivity contribution in [3.63, 3.8) is 0 Å². The molecule has 1 aliphatic rings. The van der Waals surface area contributed by atoms with Gasteiger partial charge in [-0.25, -0.2) is 9.48 Å². The number of halogens is 1. The molecule has 2 aromatic heterocycles. The fourth-order valence-electron chi connectivity index (χ4n) is 4.05. The van der Waals surface area contributed by atoms with Crippen LogP contribution in [-0.2, 0) is 0 Å². The van der Waals surface area contributed by atoms with Crippen LogP contribution in [0.2, 0.25) is 5.02 Å². The van der Waals surface area contributed by atoms with Crippen LogP contribution in [0.25, 0.3) is 17.0 Å². The van der Waals surface area contributed by atoms with E-state index in [2.05, 4.69) is 11.2 Å². The molecule has 168 valence electrons. The molecule has 1 unspecified atom stereocenters. The van der Waals surface area contributed by atoms with Crippen LogP contribution in [0.3, 0.4) is 0 Å². The van der Waals surface area contributed by atoms with Crippen molar-refractivity contribution in [3.05, 3.63) is 99.7 Å². The average molecular weight is 473 g/mol. The third kappa shape index (κ3) is 3.49. The molecule has 0 amide bonds. The van der Waals surface area contributed by atoms with Gasteiger partial charge in [-0.3, -0.25) is 0 Å². The van der Waals surface area contributed by atoms with Crippen molar-refractivity contribution in [1.82, 2.24) is 9.78 Å². The Hall–Kier alpha value is -4.48. The third-order valence-electron chi connectivity index (χ3n) is 5.59. The molecule has 4 aromatic rings. The first-order valence-corrected chi connectivity index (χ1v) is 10.6. The lowest BCUT2D eigenvalue weighted by Gasteiger charge is -2.23. The van der Waals surface area contributed by atoms with Crippen LogP contribution in [-0.4, -0.2) is 20.9 Å². The summed E-state index contributed by atoms with van der Waals surface area (Å²) in [5, 5.41) is 24.4. The van der Waals surface area contributed by atoms with E-state index >= 15 is 0 Å². The molecule has 1 atom stereocenters. The SMILES string of the molecule is Cc1nn(-c2cccc(C(=O)O)c2)c2c1C(c1ccc(-c3cccc(Cl)c3)o1)C(C#N)=C(N)O2. The molecule has 9 heteroatoms. The molecular formula is C25H17ClN4O4. The van der Waals surface area contributed by atoms with Gasteiger partial charge < -0.3 is 20.0 Å². The quantitative estimate of drug-likeness (QED) is 0.427. The number of carbonyl (C=O) groups is 1. The molecule has 3 N–H and O–H groups in total. The number of aromatic nitrogens is 2. The van der Waals surface area contributed by atoms with E-state index in [-0.39, 0.29) is 17.0 Å². The summed E-state index contributed by atoms with van der Waals surface area (Å²) in [6.07, 6.45) is 0. The summed E-state index contributed by atoms with van der Waals surface area (Å²) < 4.78 is 13.5. The molecule has 1 aliphatic heterocycles. The van der Waals surface area contributed by atoms with Gasteiger partial charge in [0, 0.05) is 10.6 Å². The second kappa shape index (κ2) is 8.14. The number of rotatable bonds is 4. The van der Waals surface area contributed by atoms with Crippen LogP contribution >= 0.6 is 11.6 Å². The molecule has 0 fully saturated rings. The number of aryl methyl sites for hydroxylation is 1. The molecule has 0 spiro atoms. The number of benzene rings is 2. The van der Waals surface area contributed by atoms with Gasteiger partial charge in [-0.2, -0.15) is 10.4 Å². The molecule has 0 radical (unpaired) electrons. The first kappa shape index (κ1) is 21.4. The lowest BCUT2D eigenvalue weighted by Crippen LogP contribution is -2.21. The number of nitriles is 1. The Morgan fingerprint density at radius 1 is 1.21 bits per heavy atom. The number of nitrogens with two attached hydrogens (primary N) is 1. The lowest BCUT2D eigenvalue weighted by atomic mass is 9.88. The van der Waals surface area contributed by atoms with Crippen molar-refractivity contribution in [3.8, 4) is 29.0 Å². The topological polar surface area (TPSA) is 127 Å². The van der Waals surface area contributed by atoms with Crippen molar-refractivity contribution in [2.24, 2.45) is 5.73 Å². The highest BCUT2D eigenvalue weighted by Crippen LogP contribution is 2.45. The van der Waals surface area contributed by atoms with E-state index in [0.717, 1.165) is 5.56 Å². The zero-order valence-electron chi connectivity index (χ0n) is 17.8. The van der Waals surface area contributed by atoms with Crippen LogP contribution in [0.4, 0.5) is 0 Å². The standard InChI is InChI=1S/C25H17ClN4O4/c1-13-21-22(20-9-8-19(33-20)14-4-2-6-16(26)10-14)18(12-27)23(28)34-24(21)30(29-13)17-7-3-5-15(11-17)25(31)32/h2-11,22H,28H2,1H3,(H,31,32). The molecule has 0 saturated heterocycles. The van der Waals surface area contributed by atoms with Crippen LogP contribution in [0, 0.1) is 18.3 Å². The van der Waals surface area contributed by atoms with Gasteiger partial charge >= 0.3 is 5.97 Å². The summed E-state index contributed by atoms with van der Waals surface area (Å²) in [6, 6.07) is 19.3. The van der Waals surface area contributed by atoms with E-state index in [9.17, 15) is 15.2 Å². The van der Waals surface area contributed by atoms with Crippen molar-refractivity contribution in [2.45, 2.75) is 12.8 Å². The van der Waals surface area contributed by atoms with Gasteiger partial charge in [-0.1, -0.05) is 29.8 Å². The van der Waals surface area contributed by atoms with Gasteiger partial charge in [0.05, 0.1) is 28.4 Å². The van der Waals surface area contributed by atoms with E-state index in [4.69, 9.17) is 26.5 Å². The number of carboxylic acid groups (broad SMARTS) is 1. The molecule has 0 saturated carbocycles. The van der Waals surface area contributed by atoms with Crippen molar-refractivity contribution in [1.29, 1.82) is 5.26 Å². The lowest BCUT2D eigenvalue weighted by molar-refractivity contribution is 0.0697. The number of nitrogens with zero attached hydrogens (tertiary/aromatic N) is 3. The van der Waals surface area contributed by atoms with Crippen molar-refractivity contribution in [2.75, 3.05) is 0 Å². The minimum atomic E-state index is -1.06. The van der Waals surface area contributed by atoms with Gasteiger partial charge in [0.1, 0.15) is 23.2 Å². The van der Waals surface area contributed by atoms with Crippen LogP contribution in [0.15, 0.2) is 76.5 Å². The predicted molar refractivity (Wildman–Crippen MR) is 124 cm³/mol. The molecular weight excluding hydrogens is 456 g/mol. The molecule has 0 bridgehead atoms. The minimum absolute atomic E-state index is 0.0729. The summed E-state index contributed by atoms with van der Waals surface area (Å²) in [6.45, 7) is 1.78. The van der Waals surface area contributed by atoms with E-state index in [1.165, 1.54) is 16.8 Å². The smallest absolute Gasteiger partial charge is 0.335 e. The molecule has 0 aliphatic carbocycles. The molecule has 8 nitrogen and oxygen atoms in total. The maximum atomic E-state index is 11.4. The Kier molecular flexibility index (Phi) is 5.11. The monoisotopic (exact) mass is 472 g/mol. The Balaban J connectivity index is 1.66. The summed E-state index contributed by atoms with van der Waals surface area (Å²) >= 11 is 6.12. The number of fused-ring (bicyclic) bond motifs is 1. The highest BCUT2D eigenvalue weighted by Gasteiger charge is 2.38. The second-order valence-corrected chi connectivity index (χ2v) is 8.15. The number of allylic oxidation sites excluding steroid dienone is 1. The second-order valence-electron chi connectivity index (χ2n) is 7.71. The number of aromatic carboxylic acids is 1. The van der Waals surface area contributed by atoms with Crippen molar-refractivity contribution >= 4 is 17.6 Å². The normalized spacial score (nSPS) is 14.9. The number of ether oxygens (including phenoxy) is 1. The van der Waals surface area contributed by atoms with Gasteiger partial charge in [0.2, 0.25) is 11.8 Å². The fourth-order valence-corrected chi connectivity index (χ4v) is 4.24. The highest BCUT2D eigenvalue weighted by atomic mass is 35.5. The molecule has 2 aromatic carbocycles. The van der Waals surface area contributed by atoms with Crippen LogP contribution < -0.4 is 10.5 Å². The summed E-state index contributed by atoms with van der Waals surface area (Å²) in [5.74, 6) is -0.424. The maximum Gasteiger partial charge on any atom is 0.335 e. The molecule has 5 rings (SSSR count). The minimum Gasteiger partial charge on any atom is -0.478 e. The van der Waals surface area contributed by atoms with Gasteiger partial charge in [0.15, 0.2) is 0 Å². The average Bonchev–Trinajstić information content (AvgIpc) is 3.43. The first-order chi connectivity index (χ1) is 16.4. The van der Waals surface area contributed by atoms with Gasteiger partial charge in [-0.05, 0) is 49.4 Å². The Bertz CT molecular complexity index is 1530. The van der Waals surface area contributed by atoms with Crippen LogP contribution in [0.1, 0.15) is 33.3 Å². The molecule has 3 heterocycles. The summed E-state index contributed by atoms with van der Waals surface area (Å²) in [4.78, 5) is 11.4. The third-order valence-corrected chi connectivity index (χ3v) is 5.83. The van der Waals surface area contributed by atoms with E-state index in [1.807, 2.05) is 12.1 Å². The van der Waals surface area contributed by atoms with Gasteiger partial charge in [-0.15, -0.1) is 0 Å². The number of hydrogen-bond donors (Lipinski definition) is 2. The molecule has 34 heavy (non-hydrogen) atoms. The Morgan fingerprint density at radius 2 is 2.00 bits per heavy atom. The largest absolute Gasteiger partial charge is 0.478 e. The predicted octanol–water partition coefficient (Wildman–Crippen LogP) is 5.01. The van der Waals surface area contributed by atoms with E-state index < -0.39 is 11.9 Å². The first-order valence-electron chi connectivity index (χ1n) is 10.2. The maximum absolute atomic E-state index is 11.4.